The molecule has 0 aromatic heterocycles. The average molecular weight is 1170 g/mol. The standard InChI is InChI=1S/C77H146O6/c1-4-7-10-13-16-19-22-25-28-30-32-34-36-38-40-41-43-45-47-49-52-55-58-61-64-67-70-76(79)82-73-74(72-81-75(78)69-66-63-60-57-54-51-27-24-21-18-15-12-9-6-3)83-77(80)71-68-65-62-59-56-53-50-48-46-44-42-39-37-35-33-31-29-26-23-20-17-14-11-8-5-2/h24,27,31,33,74H,4-23,25-26,28-30,32,34-73H2,1-3H3/b27-24-,33-31-. The molecule has 490 valence electrons. The van der Waals surface area contributed by atoms with Gasteiger partial charge in [-0.25, -0.2) is 0 Å². The lowest BCUT2D eigenvalue weighted by molar-refractivity contribution is -0.167. The van der Waals surface area contributed by atoms with Crippen LogP contribution in [0.5, 0.6) is 0 Å². The molecule has 6 heteroatoms. The molecule has 0 aliphatic heterocycles. The molecule has 0 heterocycles. The van der Waals surface area contributed by atoms with Crippen LogP contribution in [0.25, 0.3) is 0 Å². The normalized spacial score (nSPS) is 12.1. The first kappa shape index (κ1) is 80.9. The van der Waals surface area contributed by atoms with Gasteiger partial charge in [-0.3, -0.25) is 14.4 Å². The first-order chi connectivity index (χ1) is 41.0. The summed E-state index contributed by atoms with van der Waals surface area (Å²) in [6.45, 7) is 6.72. The predicted molar refractivity (Wildman–Crippen MR) is 363 cm³/mol. The van der Waals surface area contributed by atoms with E-state index in [4.69, 9.17) is 14.2 Å². The minimum atomic E-state index is -0.773. The monoisotopic (exact) mass is 1170 g/mol. The molecule has 0 radical (unpaired) electrons. The molecule has 0 aliphatic rings. The molecule has 0 aromatic rings. The van der Waals surface area contributed by atoms with Gasteiger partial charge in [0, 0.05) is 19.3 Å². The van der Waals surface area contributed by atoms with E-state index in [1.165, 1.54) is 327 Å². The van der Waals surface area contributed by atoms with E-state index in [2.05, 4.69) is 45.1 Å². The SMILES string of the molecule is CCCCCCC/C=C\CCCCCCCC(=O)OCC(COC(=O)CCCCCCCCCCCCCCCCCCCCCCCCCCCC)OC(=O)CCCCCCCCCCCCCCC/C=C\CCCCCCCCCC. The van der Waals surface area contributed by atoms with Gasteiger partial charge in [-0.2, -0.15) is 0 Å². The fraction of sp³-hybridized carbons (Fsp3) is 0.909. The highest BCUT2D eigenvalue weighted by atomic mass is 16.6. The highest BCUT2D eigenvalue weighted by molar-refractivity contribution is 5.71. The Balaban J connectivity index is 4.21. The molecule has 0 spiro atoms. The molecule has 6 nitrogen and oxygen atoms in total. The first-order valence-corrected chi connectivity index (χ1v) is 37.8. The second-order valence-electron chi connectivity index (χ2n) is 25.9. The summed E-state index contributed by atoms with van der Waals surface area (Å²) in [5.74, 6) is -0.842. The molecule has 0 saturated heterocycles. The topological polar surface area (TPSA) is 78.9 Å². The van der Waals surface area contributed by atoms with E-state index < -0.39 is 6.10 Å². The van der Waals surface area contributed by atoms with Crippen molar-refractivity contribution >= 4 is 17.9 Å². The number of ether oxygens (including phenoxy) is 3. The van der Waals surface area contributed by atoms with Gasteiger partial charge in [0.2, 0.25) is 0 Å². The summed E-state index contributed by atoms with van der Waals surface area (Å²) >= 11 is 0. The molecule has 0 amide bonds. The Morgan fingerprint density at radius 3 is 0.602 bits per heavy atom. The van der Waals surface area contributed by atoms with E-state index in [1.807, 2.05) is 0 Å². The molecule has 0 saturated carbocycles. The highest BCUT2D eigenvalue weighted by Crippen LogP contribution is 2.19. The summed E-state index contributed by atoms with van der Waals surface area (Å²) in [5.41, 5.74) is 0. The number of allylic oxidation sites excluding steroid dienone is 4. The van der Waals surface area contributed by atoms with Crippen molar-refractivity contribution in [2.45, 2.75) is 438 Å². The zero-order valence-corrected chi connectivity index (χ0v) is 56.5. The van der Waals surface area contributed by atoms with E-state index in [1.54, 1.807) is 0 Å². The van der Waals surface area contributed by atoms with Gasteiger partial charge in [0.05, 0.1) is 0 Å². The third-order valence-corrected chi connectivity index (χ3v) is 17.4. The zero-order valence-electron chi connectivity index (χ0n) is 56.5. The lowest BCUT2D eigenvalue weighted by Gasteiger charge is -2.18. The molecule has 0 aliphatic carbocycles. The second-order valence-corrected chi connectivity index (χ2v) is 25.9. The van der Waals surface area contributed by atoms with Gasteiger partial charge in [0.25, 0.3) is 0 Å². The van der Waals surface area contributed by atoms with Crippen molar-refractivity contribution in [1.29, 1.82) is 0 Å². The molecule has 0 bridgehead atoms. The highest BCUT2D eigenvalue weighted by Gasteiger charge is 2.20. The number of unbranched alkanes of at least 4 members (excludes halogenated alkanes) is 56. The number of esters is 3. The van der Waals surface area contributed by atoms with Crippen molar-refractivity contribution in [1.82, 2.24) is 0 Å². The van der Waals surface area contributed by atoms with E-state index in [0.717, 1.165) is 64.2 Å². The van der Waals surface area contributed by atoms with Crippen LogP contribution in [0.1, 0.15) is 432 Å². The number of rotatable bonds is 71. The zero-order chi connectivity index (χ0) is 59.9. The van der Waals surface area contributed by atoms with Crippen LogP contribution in [0.2, 0.25) is 0 Å². The Labute approximate surface area is 519 Å². The summed E-state index contributed by atoms with van der Waals surface area (Å²) in [6, 6.07) is 0. The van der Waals surface area contributed by atoms with Gasteiger partial charge in [0.15, 0.2) is 6.10 Å². The van der Waals surface area contributed by atoms with Crippen molar-refractivity contribution in [3.8, 4) is 0 Å². The predicted octanol–water partition coefficient (Wildman–Crippen LogP) is 26.1. The molecule has 1 atom stereocenters. The van der Waals surface area contributed by atoms with Gasteiger partial charge >= 0.3 is 17.9 Å². The van der Waals surface area contributed by atoms with E-state index in [9.17, 15) is 14.4 Å². The van der Waals surface area contributed by atoms with Gasteiger partial charge in [-0.1, -0.05) is 366 Å². The molecule has 83 heavy (non-hydrogen) atoms. The second kappa shape index (κ2) is 72.4. The van der Waals surface area contributed by atoms with Crippen LogP contribution in [0, 0.1) is 0 Å². The summed E-state index contributed by atoms with van der Waals surface area (Å²) in [5, 5.41) is 0. The van der Waals surface area contributed by atoms with Crippen LogP contribution in [-0.4, -0.2) is 37.2 Å². The van der Waals surface area contributed by atoms with Crippen LogP contribution in [0.4, 0.5) is 0 Å². The summed E-state index contributed by atoms with van der Waals surface area (Å²) in [7, 11) is 0. The maximum absolute atomic E-state index is 13.0. The fourth-order valence-corrected chi connectivity index (χ4v) is 11.7. The Morgan fingerprint density at radius 2 is 0.398 bits per heavy atom. The quantitative estimate of drug-likeness (QED) is 0.0261. The Morgan fingerprint density at radius 1 is 0.229 bits per heavy atom. The lowest BCUT2D eigenvalue weighted by Crippen LogP contribution is -2.30. The minimum absolute atomic E-state index is 0.0678. The van der Waals surface area contributed by atoms with Crippen molar-refractivity contribution in [3.05, 3.63) is 24.3 Å². The van der Waals surface area contributed by atoms with Crippen LogP contribution >= 0.6 is 0 Å². The van der Waals surface area contributed by atoms with E-state index in [0.29, 0.717) is 19.3 Å². The maximum Gasteiger partial charge on any atom is 0.306 e. The molecule has 0 N–H and O–H groups in total. The van der Waals surface area contributed by atoms with Crippen molar-refractivity contribution in [3.63, 3.8) is 0 Å². The Hall–Kier alpha value is -2.11. The first-order valence-electron chi connectivity index (χ1n) is 37.8. The third-order valence-electron chi connectivity index (χ3n) is 17.4. The van der Waals surface area contributed by atoms with E-state index >= 15 is 0 Å². The molecule has 1 unspecified atom stereocenters. The smallest absolute Gasteiger partial charge is 0.306 e. The van der Waals surface area contributed by atoms with Crippen LogP contribution in [0.15, 0.2) is 24.3 Å². The number of hydrogen-bond acceptors (Lipinski definition) is 6. The largest absolute Gasteiger partial charge is 0.462 e. The maximum atomic E-state index is 13.0. The molecular weight excluding hydrogens is 1020 g/mol. The van der Waals surface area contributed by atoms with Gasteiger partial charge in [-0.05, 0) is 70.6 Å². The number of hydrogen-bond donors (Lipinski definition) is 0. The number of carbonyl (C=O) groups is 3. The van der Waals surface area contributed by atoms with Gasteiger partial charge in [-0.15, -0.1) is 0 Å². The third kappa shape index (κ3) is 70.5. The minimum Gasteiger partial charge on any atom is -0.462 e. The number of carbonyl (C=O) groups excluding carboxylic acids is 3. The van der Waals surface area contributed by atoms with Crippen LogP contribution in [0.3, 0.4) is 0 Å². The van der Waals surface area contributed by atoms with Crippen LogP contribution in [-0.2, 0) is 28.6 Å². The average Bonchev–Trinajstić information content (AvgIpc) is 3.50. The molecule has 0 aromatic carbocycles. The molecule has 0 rings (SSSR count). The van der Waals surface area contributed by atoms with Crippen molar-refractivity contribution in [2.75, 3.05) is 13.2 Å². The summed E-state index contributed by atoms with van der Waals surface area (Å²) in [6.07, 6.45) is 89.4. The molecular formula is C77H146O6. The Kier molecular flexibility index (Phi) is 70.5. The summed E-state index contributed by atoms with van der Waals surface area (Å²) < 4.78 is 17.0. The molecule has 0 fully saturated rings. The van der Waals surface area contributed by atoms with Crippen molar-refractivity contribution in [2.24, 2.45) is 0 Å². The van der Waals surface area contributed by atoms with Crippen LogP contribution < -0.4 is 0 Å². The lowest BCUT2D eigenvalue weighted by atomic mass is 10.0. The van der Waals surface area contributed by atoms with Gasteiger partial charge in [0.1, 0.15) is 13.2 Å². The van der Waals surface area contributed by atoms with E-state index in [-0.39, 0.29) is 31.1 Å². The van der Waals surface area contributed by atoms with Gasteiger partial charge < -0.3 is 14.2 Å². The summed E-state index contributed by atoms with van der Waals surface area (Å²) in [4.78, 5) is 38.5. The Bertz CT molecular complexity index is 1340. The fourth-order valence-electron chi connectivity index (χ4n) is 11.7. The van der Waals surface area contributed by atoms with Crippen molar-refractivity contribution < 1.29 is 28.6 Å².